The zero-order chi connectivity index (χ0) is 15.6. The van der Waals surface area contributed by atoms with Crippen LogP contribution in [0, 0.1) is 5.82 Å². The Morgan fingerprint density at radius 3 is 2.62 bits per heavy atom. The molecule has 116 valence electrons. The van der Waals surface area contributed by atoms with Gasteiger partial charge in [0.2, 0.25) is 0 Å². The predicted molar refractivity (Wildman–Crippen MR) is 79.0 cm³/mol. The van der Waals surface area contributed by atoms with Crippen molar-refractivity contribution in [3.05, 3.63) is 23.5 Å². The van der Waals surface area contributed by atoms with Crippen LogP contribution in [0.4, 0.5) is 15.8 Å². The lowest BCUT2D eigenvalue weighted by Crippen LogP contribution is -2.45. The van der Waals surface area contributed by atoms with E-state index in [-0.39, 0.29) is 30.1 Å². The Labute approximate surface area is 123 Å². The molecule has 1 aliphatic heterocycles. The van der Waals surface area contributed by atoms with Crippen molar-refractivity contribution in [3.63, 3.8) is 0 Å². The fourth-order valence-corrected chi connectivity index (χ4v) is 2.58. The van der Waals surface area contributed by atoms with E-state index in [1.54, 1.807) is 6.92 Å². The zero-order valence-electron chi connectivity index (χ0n) is 12.6. The van der Waals surface area contributed by atoms with Crippen molar-refractivity contribution in [2.75, 3.05) is 30.3 Å². The molecule has 2 atom stereocenters. The van der Waals surface area contributed by atoms with Crippen molar-refractivity contribution in [1.82, 2.24) is 0 Å². The number of esters is 1. The topological polar surface area (TPSA) is 64.8 Å². The van der Waals surface area contributed by atoms with Crippen molar-refractivity contribution in [1.29, 1.82) is 0 Å². The van der Waals surface area contributed by atoms with Gasteiger partial charge in [-0.3, -0.25) is 0 Å². The average molecular weight is 296 g/mol. The summed E-state index contributed by atoms with van der Waals surface area (Å²) < 4.78 is 24.8. The third-order valence-corrected chi connectivity index (χ3v) is 3.37. The third-order valence-electron chi connectivity index (χ3n) is 3.37. The van der Waals surface area contributed by atoms with Crippen molar-refractivity contribution in [3.8, 4) is 0 Å². The van der Waals surface area contributed by atoms with E-state index in [4.69, 9.17) is 15.2 Å². The summed E-state index contributed by atoms with van der Waals surface area (Å²) in [4.78, 5) is 13.7. The van der Waals surface area contributed by atoms with Gasteiger partial charge in [0.15, 0.2) is 0 Å². The summed E-state index contributed by atoms with van der Waals surface area (Å²) >= 11 is 0. The molecule has 2 rings (SSSR count). The van der Waals surface area contributed by atoms with Gasteiger partial charge >= 0.3 is 5.97 Å². The average Bonchev–Trinajstić information content (AvgIpc) is 2.37. The van der Waals surface area contributed by atoms with Crippen LogP contribution in [-0.4, -0.2) is 37.9 Å². The Kier molecular flexibility index (Phi) is 4.67. The molecule has 1 heterocycles. The molecule has 1 aliphatic rings. The van der Waals surface area contributed by atoms with Crippen molar-refractivity contribution in [2.24, 2.45) is 0 Å². The molecule has 5 nitrogen and oxygen atoms in total. The second-order valence-electron chi connectivity index (χ2n) is 5.27. The number of hydrogen-bond acceptors (Lipinski definition) is 5. The van der Waals surface area contributed by atoms with Crippen LogP contribution in [0.5, 0.6) is 0 Å². The maximum atomic E-state index is 14.2. The van der Waals surface area contributed by atoms with E-state index in [1.807, 2.05) is 18.7 Å². The molecule has 1 fully saturated rings. The van der Waals surface area contributed by atoms with E-state index in [9.17, 15) is 9.18 Å². The number of hydrogen-bond donors (Lipinski definition) is 1. The second kappa shape index (κ2) is 6.30. The fraction of sp³-hybridized carbons (Fsp3) is 0.533. The van der Waals surface area contributed by atoms with E-state index in [2.05, 4.69) is 0 Å². The van der Waals surface area contributed by atoms with Crippen LogP contribution in [0.2, 0.25) is 0 Å². The Bertz CT molecular complexity index is 526. The van der Waals surface area contributed by atoms with Gasteiger partial charge in [0.25, 0.3) is 0 Å². The highest BCUT2D eigenvalue weighted by Crippen LogP contribution is 2.28. The minimum Gasteiger partial charge on any atom is -0.462 e. The molecule has 2 unspecified atom stereocenters. The number of nitrogens with two attached hydrogens (primary N) is 1. The Morgan fingerprint density at radius 2 is 2.05 bits per heavy atom. The lowest BCUT2D eigenvalue weighted by Gasteiger charge is -2.37. The maximum absolute atomic E-state index is 14.2. The molecule has 6 heteroatoms. The van der Waals surface area contributed by atoms with Crippen LogP contribution in [0.25, 0.3) is 0 Å². The quantitative estimate of drug-likeness (QED) is 0.684. The fourth-order valence-electron chi connectivity index (χ4n) is 2.58. The summed E-state index contributed by atoms with van der Waals surface area (Å²) in [6.07, 6.45) is -0.00603. The van der Waals surface area contributed by atoms with Crippen LogP contribution in [0.3, 0.4) is 0 Å². The number of nitrogens with zero attached hydrogens (tertiary/aromatic N) is 1. The van der Waals surface area contributed by atoms with Gasteiger partial charge in [0.1, 0.15) is 5.82 Å². The number of carbonyl (C=O) groups excluding carboxylic acids is 1. The molecule has 1 aromatic rings. The molecule has 0 saturated carbocycles. The number of benzene rings is 1. The number of rotatable bonds is 3. The first-order valence-corrected chi connectivity index (χ1v) is 7.09. The third kappa shape index (κ3) is 3.44. The molecule has 0 aromatic heterocycles. The lowest BCUT2D eigenvalue weighted by molar-refractivity contribution is -0.00539. The molecular weight excluding hydrogens is 275 g/mol. The van der Waals surface area contributed by atoms with E-state index in [1.165, 1.54) is 12.1 Å². The highest BCUT2D eigenvalue weighted by molar-refractivity contribution is 5.96. The molecule has 1 aromatic carbocycles. The van der Waals surface area contributed by atoms with Crippen molar-refractivity contribution in [2.45, 2.75) is 33.0 Å². The van der Waals surface area contributed by atoms with Crippen LogP contribution in [-0.2, 0) is 9.47 Å². The molecule has 0 aliphatic carbocycles. The minimum atomic E-state index is -0.536. The number of ether oxygens (including phenoxy) is 2. The van der Waals surface area contributed by atoms with E-state index in [0.29, 0.717) is 18.8 Å². The number of nitrogen functional groups attached to an aromatic ring is 1. The van der Waals surface area contributed by atoms with Gasteiger partial charge in [-0.05, 0) is 32.9 Å². The van der Waals surface area contributed by atoms with Crippen LogP contribution in [0.1, 0.15) is 31.1 Å². The van der Waals surface area contributed by atoms with Crippen LogP contribution in [0.15, 0.2) is 12.1 Å². The largest absolute Gasteiger partial charge is 0.462 e. The van der Waals surface area contributed by atoms with E-state index < -0.39 is 11.8 Å². The lowest BCUT2D eigenvalue weighted by atomic mass is 10.1. The summed E-state index contributed by atoms with van der Waals surface area (Å²) in [5.41, 5.74) is 6.36. The Hall–Kier alpha value is -1.82. The smallest absolute Gasteiger partial charge is 0.340 e. The van der Waals surface area contributed by atoms with Gasteiger partial charge in [0, 0.05) is 18.8 Å². The normalized spacial score (nSPS) is 22.2. The molecular formula is C15H21FN2O3. The molecule has 21 heavy (non-hydrogen) atoms. The number of carbonyl (C=O) groups is 1. The zero-order valence-corrected chi connectivity index (χ0v) is 12.6. The first-order chi connectivity index (χ1) is 9.92. The van der Waals surface area contributed by atoms with Crippen LogP contribution >= 0.6 is 0 Å². The minimum absolute atomic E-state index is 0.00301. The molecule has 1 saturated heterocycles. The maximum Gasteiger partial charge on any atom is 0.340 e. The number of anilines is 2. The SMILES string of the molecule is CCOC(=O)c1cc(N2CC(C)OC(C)C2)c(F)cc1N. The van der Waals surface area contributed by atoms with Gasteiger partial charge in [-0.2, -0.15) is 0 Å². The molecule has 0 spiro atoms. The summed E-state index contributed by atoms with van der Waals surface area (Å²) in [5.74, 6) is -0.979. The van der Waals surface area contributed by atoms with Gasteiger partial charge in [-0.25, -0.2) is 9.18 Å². The van der Waals surface area contributed by atoms with Gasteiger partial charge < -0.3 is 20.1 Å². The Morgan fingerprint density at radius 1 is 1.43 bits per heavy atom. The van der Waals surface area contributed by atoms with Crippen molar-refractivity contribution < 1.29 is 18.7 Å². The molecule has 0 radical (unpaired) electrons. The number of morpholine rings is 1. The van der Waals surface area contributed by atoms with Gasteiger partial charge in [-0.15, -0.1) is 0 Å². The first-order valence-electron chi connectivity index (χ1n) is 7.09. The highest BCUT2D eigenvalue weighted by Gasteiger charge is 2.26. The van der Waals surface area contributed by atoms with Crippen molar-refractivity contribution >= 4 is 17.3 Å². The van der Waals surface area contributed by atoms with Gasteiger partial charge in [-0.1, -0.05) is 0 Å². The summed E-state index contributed by atoms with van der Waals surface area (Å²) in [6, 6.07) is 2.64. The Balaban J connectivity index is 2.34. The summed E-state index contributed by atoms with van der Waals surface area (Å²) in [6.45, 7) is 6.95. The molecule has 0 bridgehead atoms. The number of halogens is 1. The van der Waals surface area contributed by atoms with E-state index >= 15 is 0 Å². The first kappa shape index (κ1) is 15.6. The summed E-state index contributed by atoms with van der Waals surface area (Å²) in [5, 5.41) is 0. The molecule has 0 amide bonds. The second-order valence-corrected chi connectivity index (χ2v) is 5.27. The summed E-state index contributed by atoms with van der Waals surface area (Å²) in [7, 11) is 0. The predicted octanol–water partition coefficient (Wildman–Crippen LogP) is 2.20. The van der Waals surface area contributed by atoms with Crippen LogP contribution < -0.4 is 10.6 Å². The monoisotopic (exact) mass is 296 g/mol. The molecule has 2 N–H and O–H groups in total. The van der Waals surface area contributed by atoms with E-state index in [0.717, 1.165) is 0 Å². The van der Waals surface area contributed by atoms with Gasteiger partial charge in [0.05, 0.1) is 30.1 Å². The standard InChI is InChI=1S/C15H21FN2O3/c1-4-20-15(19)11-5-14(12(16)6-13(11)17)18-7-9(2)21-10(3)8-18/h5-6,9-10H,4,7-8,17H2,1-3H3. The highest BCUT2D eigenvalue weighted by atomic mass is 19.1.